The first-order valence-electron chi connectivity index (χ1n) is 6.09. The minimum atomic E-state index is -0.872. The second-order valence-corrected chi connectivity index (χ2v) is 5.13. The molecule has 0 spiro atoms. The first-order chi connectivity index (χ1) is 8.51. The standard InChI is InChI=1S/C13H19NO3S/c1-4-10-6-7-18-11(10)12(15)14(5-2)8-9(3)13(16)17/h6-7,9H,4-5,8H2,1-3H3,(H,16,17). The number of aryl methyl sites for hydroxylation is 1. The molecule has 0 aliphatic rings. The van der Waals surface area contributed by atoms with Gasteiger partial charge in [0.25, 0.3) is 5.91 Å². The highest BCUT2D eigenvalue weighted by Gasteiger charge is 2.22. The molecule has 0 aliphatic carbocycles. The van der Waals surface area contributed by atoms with Crippen molar-refractivity contribution in [3.8, 4) is 0 Å². The zero-order chi connectivity index (χ0) is 13.7. The maximum atomic E-state index is 12.3. The lowest BCUT2D eigenvalue weighted by Crippen LogP contribution is -2.36. The number of rotatable bonds is 6. The van der Waals surface area contributed by atoms with Gasteiger partial charge in [-0.25, -0.2) is 0 Å². The largest absolute Gasteiger partial charge is 0.481 e. The van der Waals surface area contributed by atoms with Crippen LogP contribution < -0.4 is 0 Å². The van der Waals surface area contributed by atoms with Gasteiger partial charge in [-0.2, -0.15) is 0 Å². The molecule has 1 aromatic heterocycles. The SMILES string of the molecule is CCc1ccsc1C(=O)N(CC)CC(C)C(=O)O. The van der Waals surface area contributed by atoms with Crippen LogP contribution in [0, 0.1) is 5.92 Å². The van der Waals surface area contributed by atoms with Gasteiger partial charge in [-0.3, -0.25) is 9.59 Å². The third-order valence-corrected chi connectivity index (χ3v) is 3.85. The van der Waals surface area contributed by atoms with Gasteiger partial charge in [-0.15, -0.1) is 11.3 Å². The first-order valence-corrected chi connectivity index (χ1v) is 6.97. The van der Waals surface area contributed by atoms with Crippen molar-refractivity contribution in [3.05, 3.63) is 21.9 Å². The lowest BCUT2D eigenvalue weighted by molar-refractivity contribution is -0.141. The van der Waals surface area contributed by atoms with E-state index >= 15 is 0 Å². The van der Waals surface area contributed by atoms with Gasteiger partial charge in [0.1, 0.15) is 0 Å². The fourth-order valence-corrected chi connectivity index (χ4v) is 2.67. The molecule has 0 saturated heterocycles. The molecule has 1 amide bonds. The predicted octanol–water partition coefficient (Wildman–Crippen LogP) is 2.49. The van der Waals surface area contributed by atoms with Crippen LogP contribution in [0.2, 0.25) is 0 Å². The second kappa shape index (κ2) is 6.54. The smallest absolute Gasteiger partial charge is 0.308 e. The van der Waals surface area contributed by atoms with Crippen LogP contribution in [0.5, 0.6) is 0 Å². The van der Waals surface area contributed by atoms with E-state index in [0.717, 1.165) is 16.9 Å². The molecule has 0 radical (unpaired) electrons. The zero-order valence-corrected chi connectivity index (χ0v) is 11.8. The minimum absolute atomic E-state index is 0.0579. The molecular weight excluding hydrogens is 250 g/mol. The van der Waals surface area contributed by atoms with Crippen LogP contribution in [0.4, 0.5) is 0 Å². The molecule has 1 N–H and O–H groups in total. The maximum absolute atomic E-state index is 12.3. The molecule has 1 atom stereocenters. The fourth-order valence-electron chi connectivity index (χ4n) is 1.71. The Hall–Kier alpha value is -1.36. The summed E-state index contributed by atoms with van der Waals surface area (Å²) in [6.45, 7) is 6.28. The highest BCUT2D eigenvalue weighted by atomic mass is 32.1. The van der Waals surface area contributed by atoms with Gasteiger partial charge in [-0.05, 0) is 30.4 Å². The number of carbonyl (C=O) groups is 2. The number of carboxylic acid groups (broad SMARTS) is 1. The molecule has 1 rings (SSSR count). The predicted molar refractivity (Wildman–Crippen MR) is 72.1 cm³/mol. The van der Waals surface area contributed by atoms with Crippen molar-refractivity contribution in [2.45, 2.75) is 27.2 Å². The average molecular weight is 269 g/mol. The summed E-state index contributed by atoms with van der Waals surface area (Å²) in [6.07, 6.45) is 0.816. The number of nitrogens with zero attached hydrogens (tertiary/aromatic N) is 1. The minimum Gasteiger partial charge on any atom is -0.481 e. The Morgan fingerprint density at radius 2 is 2.11 bits per heavy atom. The van der Waals surface area contributed by atoms with Crippen molar-refractivity contribution in [2.75, 3.05) is 13.1 Å². The van der Waals surface area contributed by atoms with E-state index in [1.165, 1.54) is 11.3 Å². The molecular formula is C13H19NO3S. The number of aliphatic carboxylic acids is 1. The molecule has 4 nitrogen and oxygen atoms in total. The Morgan fingerprint density at radius 3 is 2.61 bits per heavy atom. The van der Waals surface area contributed by atoms with Gasteiger partial charge in [-0.1, -0.05) is 13.8 Å². The van der Waals surface area contributed by atoms with E-state index in [2.05, 4.69) is 0 Å². The third kappa shape index (κ3) is 3.32. The van der Waals surface area contributed by atoms with Gasteiger partial charge in [0.05, 0.1) is 10.8 Å². The van der Waals surface area contributed by atoms with Crippen molar-refractivity contribution >= 4 is 23.2 Å². The Bertz CT molecular complexity index is 428. The Balaban J connectivity index is 2.83. The summed E-state index contributed by atoms with van der Waals surface area (Å²) in [4.78, 5) is 25.5. The second-order valence-electron chi connectivity index (χ2n) is 4.21. The van der Waals surface area contributed by atoms with Crippen LogP contribution in [-0.4, -0.2) is 35.0 Å². The molecule has 0 saturated carbocycles. The Labute approximate surface area is 111 Å². The van der Waals surface area contributed by atoms with Crippen molar-refractivity contribution in [3.63, 3.8) is 0 Å². The molecule has 0 aliphatic heterocycles. The van der Waals surface area contributed by atoms with E-state index in [4.69, 9.17) is 5.11 Å². The van der Waals surface area contributed by atoms with Crippen LogP contribution in [0.15, 0.2) is 11.4 Å². The van der Waals surface area contributed by atoms with E-state index in [0.29, 0.717) is 6.54 Å². The lowest BCUT2D eigenvalue weighted by atomic mass is 10.1. The fraction of sp³-hybridized carbons (Fsp3) is 0.538. The molecule has 1 aromatic rings. The molecule has 18 heavy (non-hydrogen) atoms. The topological polar surface area (TPSA) is 57.6 Å². The summed E-state index contributed by atoms with van der Waals surface area (Å²) in [6, 6.07) is 1.95. The summed E-state index contributed by atoms with van der Waals surface area (Å²) in [5, 5.41) is 10.8. The van der Waals surface area contributed by atoms with Crippen LogP contribution in [0.25, 0.3) is 0 Å². The van der Waals surface area contributed by atoms with E-state index < -0.39 is 11.9 Å². The molecule has 1 heterocycles. The number of hydrogen-bond donors (Lipinski definition) is 1. The molecule has 0 fully saturated rings. The van der Waals surface area contributed by atoms with Crippen molar-refractivity contribution < 1.29 is 14.7 Å². The lowest BCUT2D eigenvalue weighted by Gasteiger charge is -2.22. The summed E-state index contributed by atoms with van der Waals surface area (Å²) >= 11 is 1.42. The third-order valence-electron chi connectivity index (χ3n) is 2.91. The van der Waals surface area contributed by atoms with E-state index in [-0.39, 0.29) is 12.5 Å². The highest BCUT2D eigenvalue weighted by molar-refractivity contribution is 7.12. The van der Waals surface area contributed by atoms with Crippen LogP contribution in [-0.2, 0) is 11.2 Å². The van der Waals surface area contributed by atoms with E-state index in [9.17, 15) is 9.59 Å². The van der Waals surface area contributed by atoms with Gasteiger partial charge in [0.15, 0.2) is 0 Å². The van der Waals surface area contributed by atoms with Crippen LogP contribution >= 0.6 is 11.3 Å². The first kappa shape index (κ1) is 14.7. The van der Waals surface area contributed by atoms with Crippen molar-refractivity contribution in [1.29, 1.82) is 0 Å². The number of amides is 1. The van der Waals surface area contributed by atoms with Gasteiger partial charge < -0.3 is 10.0 Å². The van der Waals surface area contributed by atoms with E-state index in [1.54, 1.807) is 11.8 Å². The molecule has 0 aromatic carbocycles. The summed E-state index contributed by atoms with van der Waals surface area (Å²) in [7, 11) is 0. The van der Waals surface area contributed by atoms with E-state index in [1.807, 2.05) is 25.3 Å². The van der Waals surface area contributed by atoms with Gasteiger partial charge in [0.2, 0.25) is 0 Å². The number of carbonyl (C=O) groups excluding carboxylic acids is 1. The van der Waals surface area contributed by atoms with Crippen molar-refractivity contribution in [1.82, 2.24) is 4.90 Å². The zero-order valence-electron chi connectivity index (χ0n) is 11.0. The number of hydrogen-bond acceptors (Lipinski definition) is 3. The molecule has 100 valence electrons. The van der Waals surface area contributed by atoms with Crippen LogP contribution in [0.1, 0.15) is 36.0 Å². The summed E-state index contributed by atoms with van der Waals surface area (Å²) in [5.41, 5.74) is 1.03. The number of carboxylic acids is 1. The monoisotopic (exact) mass is 269 g/mol. The molecule has 5 heteroatoms. The highest BCUT2D eigenvalue weighted by Crippen LogP contribution is 2.20. The number of thiophene rings is 1. The molecule has 1 unspecified atom stereocenters. The Morgan fingerprint density at radius 1 is 1.44 bits per heavy atom. The maximum Gasteiger partial charge on any atom is 0.308 e. The van der Waals surface area contributed by atoms with Crippen molar-refractivity contribution in [2.24, 2.45) is 5.92 Å². The quantitative estimate of drug-likeness (QED) is 0.863. The normalized spacial score (nSPS) is 12.2. The molecule has 0 bridgehead atoms. The average Bonchev–Trinajstić information content (AvgIpc) is 2.82. The van der Waals surface area contributed by atoms with Crippen LogP contribution in [0.3, 0.4) is 0 Å². The summed E-state index contributed by atoms with van der Waals surface area (Å²) in [5.74, 6) is -1.47. The van der Waals surface area contributed by atoms with Gasteiger partial charge >= 0.3 is 5.97 Å². The van der Waals surface area contributed by atoms with Gasteiger partial charge in [0, 0.05) is 13.1 Å². The summed E-state index contributed by atoms with van der Waals surface area (Å²) < 4.78 is 0. The Kier molecular flexibility index (Phi) is 5.34.